The van der Waals surface area contributed by atoms with Crippen LogP contribution in [-0.4, -0.2) is 55.6 Å². The Bertz CT molecular complexity index is 789. The number of piperidine rings is 1. The summed E-state index contributed by atoms with van der Waals surface area (Å²) in [4.78, 5) is 7.66. The van der Waals surface area contributed by atoms with E-state index in [4.69, 9.17) is 0 Å². The van der Waals surface area contributed by atoms with Crippen LogP contribution in [0.15, 0.2) is 37.1 Å². The van der Waals surface area contributed by atoms with Crippen molar-refractivity contribution < 1.29 is 0 Å². The largest absolute Gasteiger partial charge is 0.371 e. The third kappa shape index (κ3) is 5.46. The fourth-order valence-electron chi connectivity index (χ4n) is 4.92. The summed E-state index contributed by atoms with van der Waals surface area (Å²) in [7, 11) is 0. The maximum Gasteiger partial charge on any atom is 0.0481 e. The lowest BCUT2D eigenvalue weighted by Crippen LogP contribution is -2.45. The summed E-state index contributed by atoms with van der Waals surface area (Å²) in [5, 5.41) is 3.59. The van der Waals surface area contributed by atoms with Crippen LogP contribution in [0.25, 0.3) is 5.70 Å². The summed E-state index contributed by atoms with van der Waals surface area (Å²) in [6.45, 7) is 23.8. The molecule has 2 heterocycles. The average Bonchev–Trinajstić information content (AvgIpc) is 3.60. The zero-order valence-electron chi connectivity index (χ0n) is 20.1. The maximum atomic E-state index is 4.58. The second-order valence-electron chi connectivity index (χ2n) is 10.6. The molecule has 3 aliphatic rings. The summed E-state index contributed by atoms with van der Waals surface area (Å²) in [6.07, 6.45) is 6.26. The summed E-state index contributed by atoms with van der Waals surface area (Å²) < 4.78 is 0. The minimum absolute atomic E-state index is 0.444. The molecule has 1 saturated carbocycles. The van der Waals surface area contributed by atoms with Gasteiger partial charge in [0.2, 0.25) is 0 Å². The number of hydrogen-bond donors (Lipinski definition) is 1. The Labute approximate surface area is 190 Å². The highest BCUT2D eigenvalue weighted by Crippen LogP contribution is 2.39. The minimum Gasteiger partial charge on any atom is -0.371 e. The molecule has 0 amide bonds. The number of piperazine rings is 1. The van der Waals surface area contributed by atoms with Gasteiger partial charge >= 0.3 is 0 Å². The smallest absolute Gasteiger partial charge is 0.0481 e. The molecule has 31 heavy (non-hydrogen) atoms. The van der Waals surface area contributed by atoms with E-state index in [1.54, 1.807) is 0 Å². The van der Waals surface area contributed by atoms with E-state index in [0.717, 1.165) is 39.3 Å². The van der Waals surface area contributed by atoms with Crippen LogP contribution in [0.3, 0.4) is 0 Å². The first-order chi connectivity index (χ1) is 14.9. The van der Waals surface area contributed by atoms with Gasteiger partial charge in [0.1, 0.15) is 0 Å². The van der Waals surface area contributed by atoms with Crippen molar-refractivity contribution in [1.82, 2.24) is 9.80 Å². The van der Waals surface area contributed by atoms with Crippen LogP contribution >= 0.6 is 0 Å². The topological polar surface area (TPSA) is 21.8 Å². The minimum atomic E-state index is 0.444. The molecule has 0 bridgehead atoms. The van der Waals surface area contributed by atoms with E-state index in [1.165, 1.54) is 67.0 Å². The molecule has 0 radical (unpaired) electrons. The Morgan fingerprint density at radius 1 is 1.03 bits per heavy atom. The third-order valence-corrected chi connectivity index (χ3v) is 7.44. The fraction of sp³-hybridized carbons (Fsp3) is 0.630. The first-order valence-electron chi connectivity index (χ1n) is 12.4. The molecule has 1 aromatic carbocycles. The molecule has 170 valence electrons. The Kier molecular flexibility index (Phi) is 6.66. The summed E-state index contributed by atoms with van der Waals surface area (Å²) in [5.41, 5.74) is 6.60. The molecule has 4 rings (SSSR count). The number of hydrogen-bond acceptors (Lipinski definition) is 4. The number of nitrogens with zero attached hydrogens (tertiary/aromatic N) is 3. The van der Waals surface area contributed by atoms with Crippen molar-refractivity contribution in [3.05, 3.63) is 42.6 Å². The molecule has 4 heteroatoms. The van der Waals surface area contributed by atoms with Crippen LogP contribution in [0, 0.1) is 11.3 Å². The lowest BCUT2D eigenvalue weighted by molar-refractivity contribution is 0.176. The Balaban J connectivity index is 1.54. The van der Waals surface area contributed by atoms with Crippen LogP contribution < -0.4 is 10.2 Å². The normalized spacial score (nSPS) is 21.8. The van der Waals surface area contributed by atoms with Gasteiger partial charge in [-0.1, -0.05) is 33.9 Å². The molecule has 0 unspecified atom stereocenters. The van der Waals surface area contributed by atoms with Gasteiger partial charge in [-0.2, -0.15) is 0 Å². The van der Waals surface area contributed by atoms with Crippen LogP contribution in [0.2, 0.25) is 0 Å². The number of nitrogens with one attached hydrogen (secondary N) is 1. The second kappa shape index (κ2) is 9.28. The van der Waals surface area contributed by atoms with E-state index in [0.29, 0.717) is 11.3 Å². The standard InChI is InChI=1S/C27H42N4/c1-6-13-29-16-18-30(19-17-29)22(3)25-10-9-24(28-21(2)23-7-8-23)20-26(25)31-14-11-27(4,5)12-15-31/h9-10,20,23,28H,2-3,6-8,11-19H2,1,4-5H3. The molecule has 0 atom stereocenters. The van der Waals surface area contributed by atoms with Gasteiger partial charge < -0.3 is 15.1 Å². The lowest BCUT2D eigenvalue weighted by atomic mass is 9.82. The first kappa shape index (κ1) is 22.3. The molecule has 2 saturated heterocycles. The quantitative estimate of drug-likeness (QED) is 0.584. The van der Waals surface area contributed by atoms with Gasteiger partial charge in [0.25, 0.3) is 0 Å². The van der Waals surface area contributed by atoms with Crippen LogP contribution in [0.4, 0.5) is 11.4 Å². The van der Waals surface area contributed by atoms with Crippen molar-refractivity contribution in [3.8, 4) is 0 Å². The highest BCUT2D eigenvalue weighted by atomic mass is 15.3. The summed E-state index contributed by atoms with van der Waals surface area (Å²) in [6, 6.07) is 6.86. The molecule has 1 aromatic rings. The molecule has 3 fully saturated rings. The monoisotopic (exact) mass is 422 g/mol. The van der Waals surface area contributed by atoms with Gasteiger partial charge in [-0.05, 0) is 68.2 Å². The van der Waals surface area contributed by atoms with Crippen molar-refractivity contribution in [3.63, 3.8) is 0 Å². The number of anilines is 2. The second-order valence-corrected chi connectivity index (χ2v) is 10.6. The van der Waals surface area contributed by atoms with E-state index in [1.807, 2.05) is 0 Å². The van der Waals surface area contributed by atoms with Crippen molar-refractivity contribution in [2.24, 2.45) is 11.3 Å². The molecule has 4 nitrogen and oxygen atoms in total. The van der Waals surface area contributed by atoms with Crippen molar-refractivity contribution in [2.75, 3.05) is 56.0 Å². The highest BCUT2D eigenvalue weighted by Gasteiger charge is 2.29. The van der Waals surface area contributed by atoms with Gasteiger partial charge in [-0.3, -0.25) is 4.90 Å². The number of allylic oxidation sites excluding steroid dienone is 1. The van der Waals surface area contributed by atoms with Gasteiger partial charge in [0.15, 0.2) is 0 Å². The average molecular weight is 423 g/mol. The zero-order chi connectivity index (χ0) is 22.0. The van der Waals surface area contributed by atoms with Crippen LogP contribution in [-0.2, 0) is 0 Å². The Morgan fingerprint density at radius 3 is 2.32 bits per heavy atom. The fourth-order valence-corrected chi connectivity index (χ4v) is 4.92. The maximum absolute atomic E-state index is 4.58. The Hall–Kier alpha value is -1.94. The van der Waals surface area contributed by atoms with Gasteiger partial charge in [0.05, 0.1) is 0 Å². The van der Waals surface area contributed by atoms with E-state index in [9.17, 15) is 0 Å². The molecular weight excluding hydrogens is 380 g/mol. The third-order valence-electron chi connectivity index (χ3n) is 7.44. The van der Waals surface area contributed by atoms with Crippen molar-refractivity contribution in [2.45, 2.75) is 52.9 Å². The number of rotatable bonds is 8. The predicted molar refractivity (Wildman–Crippen MR) is 134 cm³/mol. The van der Waals surface area contributed by atoms with Crippen LogP contribution in [0.1, 0.15) is 58.4 Å². The van der Waals surface area contributed by atoms with Gasteiger partial charge in [0, 0.05) is 67.6 Å². The molecule has 1 N–H and O–H groups in total. The van der Waals surface area contributed by atoms with Crippen molar-refractivity contribution in [1.29, 1.82) is 0 Å². The number of benzene rings is 1. The lowest BCUT2D eigenvalue weighted by Gasteiger charge is -2.41. The predicted octanol–water partition coefficient (Wildman–Crippen LogP) is 5.65. The molecule has 2 aliphatic heterocycles. The summed E-state index contributed by atoms with van der Waals surface area (Å²) >= 11 is 0. The van der Waals surface area contributed by atoms with Gasteiger partial charge in [-0.25, -0.2) is 0 Å². The Morgan fingerprint density at radius 2 is 1.71 bits per heavy atom. The molecular formula is C27H42N4. The SMILES string of the molecule is C=C(Nc1ccc(C(=C)N2CCN(CCC)CC2)c(N2CCC(C)(C)CC2)c1)C1CC1. The van der Waals surface area contributed by atoms with Crippen molar-refractivity contribution >= 4 is 17.1 Å². The van der Waals surface area contributed by atoms with Crippen LogP contribution in [0.5, 0.6) is 0 Å². The van der Waals surface area contributed by atoms with E-state index < -0.39 is 0 Å². The first-order valence-corrected chi connectivity index (χ1v) is 12.4. The highest BCUT2D eigenvalue weighted by molar-refractivity contribution is 5.78. The van der Waals surface area contributed by atoms with E-state index >= 15 is 0 Å². The van der Waals surface area contributed by atoms with E-state index in [2.05, 4.69) is 72.1 Å². The van der Waals surface area contributed by atoms with E-state index in [-0.39, 0.29) is 0 Å². The zero-order valence-corrected chi connectivity index (χ0v) is 20.1. The summed E-state index contributed by atoms with van der Waals surface area (Å²) in [5.74, 6) is 0.660. The van der Waals surface area contributed by atoms with Gasteiger partial charge in [-0.15, -0.1) is 0 Å². The molecule has 0 spiro atoms. The molecule has 0 aromatic heterocycles. The molecule has 1 aliphatic carbocycles.